The normalized spacial score (nSPS) is 10.2. The summed E-state index contributed by atoms with van der Waals surface area (Å²) in [4.78, 5) is 12.4. The van der Waals surface area contributed by atoms with Gasteiger partial charge < -0.3 is 5.32 Å². The van der Waals surface area contributed by atoms with Crippen LogP contribution in [0.5, 0.6) is 0 Å². The molecule has 0 fully saturated rings. The number of nitrogens with one attached hydrogen (secondary N) is 1. The standard InChI is InChI=1S/C12H9BrClNOS/c13-7-8-1-3-9(4-2-8)15-12(16)10-5-6-11(14)17-10/h1-6H,7H2,(H,15,16). The van der Waals surface area contributed by atoms with Gasteiger partial charge in [0, 0.05) is 11.0 Å². The average Bonchev–Trinajstić information content (AvgIpc) is 2.77. The van der Waals surface area contributed by atoms with Gasteiger partial charge in [-0.2, -0.15) is 0 Å². The largest absolute Gasteiger partial charge is 0.321 e. The molecule has 0 saturated carbocycles. The lowest BCUT2D eigenvalue weighted by atomic mass is 10.2. The lowest BCUT2D eigenvalue weighted by molar-refractivity contribution is 0.103. The molecule has 0 atom stereocenters. The smallest absolute Gasteiger partial charge is 0.265 e. The zero-order valence-electron chi connectivity index (χ0n) is 8.74. The topological polar surface area (TPSA) is 29.1 Å². The van der Waals surface area contributed by atoms with Crippen LogP contribution < -0.4 is 5.32 Å². The van der Waals surface area contributed by atoms with Gasteiger partial charge in [-0.3, -0.25) is 4.79 Å². The molecule has 0 aliphatic heterocycles. The summed E-state index contributed by atoms with van der Waals surface area (Å²) < 4.78 is 0.616. The molecule has 0 aliphatic carbocycles. The fourth-order valence-electron chi connectivity index (χ4n) is 1.31. The van der Waals surface area contributed by atoms with Crippen LogP contribution in [0.25, 0.3) is 0 Å². The maximum Gasteiger partial charge on any atom is 0.265 e. The van der Waals surface area contributed by atoms with Gasteiger partial charge in [-0.25, -0.2) is 0 Å². The van der Waals surface area contributed by atoms with E-state index in [1.807, 2.05) is 24.3 Å². The van der Waals surface area contributed by atoms with Gasteiger partial charge in [0.15, 0.2) is 0 Å². The number of anilines is 1. The van der Waals surface area contributed by atoms with Crippen LogP contribution >= 0.6 is 38.9 Å². The molecular formula is C12H9BrClNOS. The van der Waals surface area contributed by atoms with Crippen LogP contribution in [0.4, 0.5) is 5.69 Å². The van der Waals surface area contributed by atoms with E-state index in [-0.39, 0.29) is 5.91 Å². The second kappa shape index (κ2) is 5.67. The van der Waals surface area contributed by atoms with E-state index in [1.165, 1.54) is 16.9 Å². The summed E-state index contributed by atoms with van der Waals surface area (Å²) in [7, 11) is 0. The summed E-state index contributed by atoms with van der Waals surface area (Å²) in [5.74, 6) is -0.131. The first kappa shape index (κ1) is 12.6. The number of thiophene rings is 1. The van der Waals surface area contributed by atoms with E-state index in [0.717, 1.165) is 11.0 Å². The van der Waals surface area contributed by atoms with Crippen LogP contribution in [0.2, 0.25) is 4.34 Å². The molecule has 0 spiro atoms. The fourth-order valence-corrected chi connectivity index (χ4v) is 2.62. The van der Waals surface area contributed by atoms with Crippen molar-refractivity contribution >= 4 is 50.5 Å². The molecule has 17 heavy (non-hydrogen) atoms. The van der Waals surface area contributed by atoms with Gasteiger partial charge in [0.2, 0.25) is 0 Å². The van der Waals surface area contributed by atoms with Gasteiger partial charge in [-0.15, -0.1) is 11.3 Å². The molecule has 0 bridgehead atoms. The molecular weight excluding hydrogens is 322 g/mol. The van der Waals surface area contributed by atoms with Crippen molar-refractivity contribution in [3.8, 4) is 0 Å². The molecule has 1 aromatic carbocycles. The Bertz CT molecular complexity index is 524. The van der Waals surface area contributed by atoms with Gasteiger partial charge in [-0.05, 0) is 29.8 Å². The molecule has 88 valence electrons. The monoisotopic (exact) mass is 329 g/mol. The van der Waals surface area contributed by atoms with Crippen LogP contribution in [-0.4, -0.2) is 5.91 Å². The number of benzene rings is 1. The first-order valence-corrected chi connectivity index (χ1v) is 7.22. The minimum Gasteiger partial charge on any atom is -0.321 e. The summed E-state index contributed by atoms with van der Waals surface area (Å²) in [5, 5.41) is 3.63. The van der Waals surface area contributed by atoms with Gasteiger partial charge >= 0.3 is 0 Å². The maximum absolute atomic E-state index is 11.8. The summed E-state index contributed by atoms with van der Waals surface area (Å²) in [5.41, 5.74) is 1.95. The molecule has 0 radical (unpaired) electrons. The van der Waals surface area contributed by atoms with Crippen molar-refractivity contribution in [3.63, 3.8) is 0 Å². The predicted octanol–water partition coefficient (Wildman–Crippen LogP) is 4.55. The second-order valence-electron chi connectivity index (χ2n) is 3.39. The van der Waals surface area contributed by atoms with E-state index in [4.69, 9.17) is 11.6 Å². The Balaban J connectivity index is 2.07. The summed E-state index contributed by atoms with van der Waals surface area (Å²) in [6.45, 7) is 0. The molecule has 1 aromatic heterocycles. The number of rotatable bonds is 3. The highest BCUT2D eigenvalue weighted by molar-refractivity contribution is 9.08. The van der Waals surface area contributed by atoms with E-state index in [1.54, 1.807) is 12.1 Å². The first-order valence-electron chi connectivity index (χ1n) is 4.90. The Kier molecular flexibility index (Phi) is 4.20. The van der Waals surface area contributed by atoms with E-state index in [2.05, 4.69) is 21.2 Å². The molecule has 1 amide bonds. The van der Waals surface area contributed by atoms with Crippen LogP contribution in [0, 0.1) is 0 Å². The Morgan fingerprint density at radius 2 is 1.94 bits per heavy atom. The molecule has 2 aromatic rings. The number of carbonyl (C=O) groups excluding carboxylic acids is 1. The lowest BCUT2D eigenvalue weighted by Gasteiger charge is -2.04. The van der Waals surface area contributed by atoms with Crippen LogP contribution in [0.1, 0.15) is 15.2 Å². The van der Waals surface area contributed by atoms with Gasteiger partial charge in [-0.1, -0.05) is 39.7 Å². The third-order valence-electron chi connectivity index (χ3n) is 2.16. The Morgan fingerprint density at radius 3 is 2.47 bits per heavy atom. The number of alkyl halides is 1. The quantitative estimate of drug-likeness (QED) is 0.822. The van der Waals surface area contributed by atoms with Gasteiger partial charge in [0.1, 0.15) is 0 Å². The molecule has 1 N–H and O–H groups in total. The summed E-state index contributed by atoms with van der Waals surface area (Å²) in [6, 6.07) is 11.1. The summed E-state index contributed by atoms with van der Waals surface area (Å²) >= 11 is 10.4. The van der Waals surface area contributed by atoms with E-state index >= 15 is 0 Å². The van der Waals surface area contributed by atoms with Crippen molar-refractivity contribution in [1.82, 2.24) is 0 Å². The Morgan fingerprint density at radius 1 is 1.24 bits per heavy atom. The molecule has 0 saturated heterocycles. The SMILES string of the molecule is O=C(Nc1ccc(CBr)cc1)c1ccc(Cl)s1. The third kappa shape index (κ3) is 3.31. The van der Waals surface area contributed by atoms with E-state index in [9.17, 15) is 4.79 Å². The van der Waals surface area contributed by atoms with Crippen LogP contribution in [0.3, 0.4) is 0 Å². The minimum atomic E-state index is -0.131. The van der Waals surface area contributed by atoms with E-state index < -0.39 is 0 Å². The highest BCUT2D eigenvalue weighted by atomic mass is 79.9. The zero-order valence-corrected chi connectivity index (χ0v) is 11.9. The van der Waals surface area contributed by atoms with Crippen molar-refractivity contribution < 1.29 is 4.79 Å². The zero-order chi connectivity index (χ0) is 12.3. The first-order chi connectivity index (χ1) is 8.19. The second-order valence-corrected chi connectivity index (χ2v) is 5.66. The highest BCUT2D eigenvalue weighted by Gasteiger charge is 2.08. The van der Waals surface area contributed by atoms with Gasteiger partial charge in [0.05, 0.1) is 9.21 Å². The van der Waals surface area contributed by atoms with Crippen molar-refractivity contribution in [2.24, 2.45) is 0 Å². The number of amides is 1. The third-order valence-corrected chi connectivity index (χ3v) is 4.04. The predicted molar refractivity (Wildman–Crippen MR) is 76.4 cm³/mol. The van der Waals surface area contributed by atoms with Gasteiger partial charge in [0.25, 0.3) is 5.91 Å². The highest BCUT2D eigenvalue weighted by Crippen LogP contribution is 2.22. The lowest BCUT2D eigenvalue weighted by Crippen LogP contribution is -2.09. The Hall–Kier alpha value is -0.840. The molecule has 5 heteroatoms. The Labute approximate surface area is 117 Å². The average molecular weight is 331 g/mol. The maximum atomic E-state index is 11.8. The fraction of sp³-hybridized carbons (Fsp3) is 0.0833. The van der Waals surface area contributed by atoms with Crippen molar-refractivity contribution in [2.75, 3.05) is 5.32 Å². The number of hydrogen-bond donors (Lipinski definition) is 1. The molecule has 2 rings (SSSR count). The molecule has 1 heterocycles. The number of carbonyl (C=O) groups is 1. The van der Waals surface area contributed by atoms with E-state index in [0.29, 0.717) is 9.21 Å². The summed E-state index contributed by atoms with van der Waals surface area (Å²) in [6.07, 6.45) is 0. The molecule has 0 aliphatic rings. The molecule has 0 unspecified atom stereocenters. The molecule has 2 nitrogen and oxygen atoms in total. The number of hydrogen-bond acceptors (Lipinski definition) is 2. The number of halogens is 2. The van der Waals surface area contributed by atoms with Crippen molar-refractivity contribution in [3.05, 3.63) is 51.2 Å². The van der Waals surface area contributed by atoms with Crippen LogP contribution in [0.15, 0.2) is 36.4 Å². The van der Waals surface area contributed by atoms with Crippen LogP contribution in [-0.2, 0) is 5.33 Å². The van der Waals surface area contributed by atoms with Crippen molar-refractivity contribution in [1.29, 1.82) is 0 Å². The minimum absolute atomic E-state index is 0.131. The van der Waals surface area contributed by atoms with Crippen molar-refractivity contribution in [2.45, 2.75) is 5.33 Å².